The van der Waals surface area contributed by atoms with E-state index in [-0.39, 0.29) is 11.8 Å². The summed E-state index contributed by atoms with van der Waals surface area (Å²) in [6.07, 6.45) is 0. The van der Waals surface area contributed by atoms with Crippen LogP contribution in [-0.2, 0) is 10.5 Å². The Morgan fingerprint density at radius 3 is 2.48 bits per heavy atom. The van der Waals surface area contributed by atoms with Gasteiger partial charge in [0.15, 0.2) is 0 Å². The first-order chi connectivity index (χ1) is 10.1. The topological polar surface area (TPSA) is 81.1 Å². The van der Waals surface area contributed by atoms with Gasteiger partial charge in [-0.25, -0.2) is 5.84 Å². The number of nitrogen functional groups attached to an aromatic ring is 1. The zero-order valence-electron chi connectivity index (χ0n) is 11.9. The van der Waals surface area contributed by atoms with Gasteiger partial charge in [0.2, 0.25) is 5.91 Å². The Morgan fingerprint density at radius 1 is 1.19 bits per heavy atom. The van der Waals surface area contributed by atoms with Gasteiger partial charge in [-0.05, 0) is 30.2 Å². The Labute approximate surface area is 128 Å². The van der Waals surface area contributed by atoms with Gasteiger partial charge < -0.3 is 5.73 Å². The molecule has 1 amide bonds. The molecule has 5 N–H and O–H groups in total. The second kappa shape index (κ2) is 7.15. The molecule has 0 radical (unpaired) electrons. The van der Waals surface area contributed by atoms with Crippen LogP contribution in [-0.4, -0.2) is 5.91 Å². The van der Waals surface area contributed by atoms with Crippen LogP contribution < -0.4 is 17.0 Å². The number of benzene rings is 2. The summed E-state index contributed by atoms with van der Waals surface area (Å²) in [6, 6.07) is 15.8. The molecular formula is C16H19N3OS. The lowest BCUT2D eigenvalue weighted by atomic mass is 9.99. The quantitative estimate of drug-likeness (QED) is 0.261. The van der Waals surface area contributed by atoms with E-state index in [9.17, 15) is 4.79 Å². The second-order valence-corrected chi connectivity index (χ2v) is 5.82. The number of amides is 1. The molecule has 0 heterocycles. The van der Waals surface area contributed by atoms with Crippen molar-refractivity contribution in [2.45, 2.75) is 23.5 Å². The van der Waals surface area contributed by atoms with E-state index in [0.29, 0.717) is 0 Å². The summed E-state index contributed by atoms with van der Waals surface area (Å²) in [5.74, 6) is 5.56. The molecule has 5 heteroatoms. The standard InChI is InChI=1S/C16H19N3OS/c1-11(16(20)19-18)13-8-6-12(7-9-13)10-21-15-5-3-2-4-14(15)17/h2-9,11H,10,17-18H2,1H3,(H,19,20). The molecule has 0 fully saturated rings. The van der Waals surface area contributed by atoms with E-state index in [0.717, 1.165) is 21.9 Å². The predicted octanol–water partition coefficient (Wildman–Crippen LogP) is 2.65. The van der Waals surface area contributed by atoms with Gasteiger partial charge in [-0.15, -0.1) is 11.8 Å². The Morgan fingerprint density at radius 2 is 1.86 bits per heavy atom. The van der Waals surface area contributed by atoms with Gasteiger partial charge >= 0.3 is 0 Å². The third kappa shape index (κ3) is 4.00. The van der Waals surface area contributed by atoms with Gasteiger partial charge in [0.05, 0.1) is 5.92 Å². The normalized spacial score (nSPS) is 11.9. The maximum Gasteiger partial charge on any atom is 0.241 e. The summed E-state index contributed by atoms with van der Waals surface area (Å²) in [5.41, 5.74) is 11.0. The zero-order chi connectivity index (χ0) is 15.2. The minimum absolute atomic E-state index is 0.186. The van der Waals surface area contributed by atoms with Gasteiger partial charge in [-0.1, -0.05) is 36.4 Å². The van der Waals surface area contributed by atoms with E-state index < -0.39 is 0 Å². The van der Waals surface area contributed by atoms with E-state index in [1.165, 1.54) is 5.56 Å². The van der Waals surface area contributed by atoms with Crippen LogP contribution in [0.4, 0.5) is 5.69 Å². The second-order valence-electron chi connectivity index (χ2n) is 4.80. The molecule has 0 aliphatic rings. The van der Waals surface area contributed by atoms with Crippen LogP contribution in [0.2, 0.25) is 0 Å². The van der Waals surface area contributed by atoms with Gasteiger partial charge in [0, 0.05) is 16.3 Å². The summed E-state index contributed by atoms with van der Waals surface area (Å²) in [6.45, 7) is 1.83. The third-order valence-corrected chi connectivity index (χ3v) is 4.49. The lowest BCUT2D eigenvalue weighted by molar-refractivity contribution is -0.122. The SMILES string of the molecule is CC(C(=O)NN)c1ccc(CSc2ccccc2N)cc1. The van der Waals surface area contributed by atoms with Crippen molar-refractivity contribution in [2.75, 3.05) is 5.73 Å². The first kappa shape index (κ1) is 15.4. The number of nitrogens with two attached hydrogens (primary N) is 2. The fourth-order valence-corrected chi connectivity index (χ4v) is 2.88. The first-order valence-corrected chi connectivity index (χ1v) is 7.67. The van der Waals surface area contributed by atoms with E-state index in [1.807, 2.05) is 55.5 Å². The maximum atomic E-state index is 11.5. The minimum atomic E-state index is -0.249. The van der Waals surface area contributed by atoms with Crippen molar-refractivity contribution >= 4 is 23.4 Å². The van der Waals surface area contributed by atoms with E-state index in [1.54, 1.807) is 11.8 Å². The Kier molecular flexibility index (Phi) is 5.25. The fourth-order valence-electron chi connectivity index (χ4n) is 1.95. The van der Waals surface area contributed by atoms with Crippen molar-refractivity contribution in [2.24, 2.45) is 5.84 Å². The van der Waals surface area contributed by atoms with Crippen LogP contribution in [0.15, 0.2) is 53.4 Å². The number of carbonyl (C=O) groups is 1. The van der Waals surface area contributed by atoms with Crippen LogP contribution in [0.25, 0.3) is 0 Å². The zero-order valence-corrected chi connectivity index (χ0v) is 12.7. The number of thioether (sulfide) groups is 1. The number of hydrogen-bond acceptors (Lipinski definition) is 4. The summed E-state index contributed by atoms with van der Waals surface area (Å²) in [4.78, 5) is 12.6. The average molecular weight is 301 g/mol. The molecule has 0 bridgehead atoms. The molecule has 2 aromatic carbocycles. The molecule has 0 spiro atoms. The smallest absolute Gasteiger partial charge is 0.241 e. The van der Waals surface area contributed by atoms with Crippen molar-refractivity contribution in [3.8, 4) is 0 Å². The Hall–Kier alpha value is -1.98. The van der Waals surface area contributed by atoms with Crippen LogP contribution in [0, 0.1) is 0 Å². The van der Waals surface area contributed by atoms with Crippen molar-refractivity contribution < 1.29 is 4.79 Å². The number of hydrogen-bond donors (Lipinski definition) is 3. The summed E-state index contributed by atoms with van der Waals surface area (Å²) < 4.78 is 0. The van der Waals surface area contributed by atoms with Gasteiger partial charge in [0.25, 0.3) is 0 Å². The minimum Gasteiger partial charge on any atom is -0.398 e. The molecule has 1 unspecified atom stereocenters. The van der Waals surface area contributed by atoms with Crippen molar-refractivity contribution in [3.05, 3.63) is 59.7 Å². The molecule has 2 aromatic rings. The molecular weight excluding hydrogens is 282 g/mol. The van der Waals surface area contributed by atoms with Crippen LogP contribution in [0.3, 0.4) is 0 Å². The summed E-state index contributed by atoms with van der Waals surface area (Å²) >= 11 is 1.70. The number of rotatable bonds is 5. The summed E-state index contributed by atoms with van der Waals surface area (Å²) in [5, 5.41) is 0. The van der Waals surface area contributed by atoms with E-state index in [4.69, 9.17) is 11.6 Å². The lowest BCUT2D eigenvalue weighted by Gasteiger charge is -2.11. The van der Waals surface area contributed by atoms with Crippen LogP contribution in [0.5, 0.6) is 0 Å². The highest BCUT2D eigenvalue weighted by Gasteiger charge is 2.13. The lowest BCUT2D eigenvalue weighted by Crippen LogP contribution is -2.33. The first-order valence-electron chi connectivity index (χ1n) is 6.68. The number of nitrogens with one attached hydrogen (secondary N) is 1. The highest BCUT2D eigenvalue weighted by atomic mass is 32.2. The number of anilines is 1. The molecule has 21 heavy (non-hydrogen) atoms. The fraction of sp³-hybridized carbons (Fsp3) is 0.188. The highest BCUT2D eigenvalue weighted by molar-refractivity contribution is 7.98. The van der Waals surface area contributed by atoms with Gasteiger partial charge in [-0.2, -0.15) is 0 Å². The van der Waals surface area contributed by atoms with E-state index >= 15 is 0 Å². The molecule has 0 aliphatic heterocycles. The number of para-hydroxylation sites is 1. The monoisotopic (exact) mass is 301 g/mol. The molecule has 0 aromatic heterocycles. The average Bonchev–Trinajstić information content (AvgIpc) is 2.53. The van der Waals surface area contributed by atoms with E-state index in [2.05, 4.69) is 5.43 Å². The summed E-state index contributed by atoms with van der Waals surface area (Å²) in [7, 11) is 0. The molecule has 2 rings (SSSR count). The van der Waals surface area contributed by atoms with Crippen LogP contribution >= 0.6 is 11.8 Å². The van der Waals surface area contributed by atoms with Crippen molar-refractivity contribution in [1.29, 1.82) is 0 Å². The van der Waals surface area contributed by atoms with Gasteiger partial charge in [-0.3, -0.25) is 10.2 Å². The Bertz CT molecular complexity index is 613. The number of hydrazine groups is 1. The maximum absolute atomic E-state index is 11.5. The Balaban J connectivity index is 2.00. The third-order valence-electron chi connectivity index (χ3n) is 3.33. The molecule has 4 nitrogen and oxygen atoms in total. The molecule has 0 saturated carbocycles. The molecule has 0 saturated heterocycles. The largest absolute Gasteiger partial charge is 0.398 e. The van der Waals surface area contributed by atoms with Crippen LogP contribution in [0.1, 0.15) is 24.0 Å². The van der Waals surface area contributed by atoms with Gasteiger partial charge in [0.1, 0.15) is 0 Å². The van der Waals surface area contributed by atoms with Crippen molar-refractivity contribution in [3.63, 3.8) is 0 Å². The predicted molar refractivity (Wildman–Crippen MR) is 87.6 cm³/mol. The molecule has 110 valence electrons. The molecule has 1 atom stereocenters. The van der Waals surface area contributed by atoms with Crippen molar-refractivity contribution in [1.82, 2.24) is 5.43 Å². The highest BCUT2D eigenvalue weighted by Crippen LogP contribution is 2.28. The molecule has 0 aliphatic carbocycles. The number of carbonyl (C=O) groups excluding carboxylic acids is 1.